The molecule has 0 saturated heterocycles. The number of nitrogens with two attached hydrogens (primary N) is 1. The number of amides is 1. The Morgan fingerprint density at radius 2 is 2.15 bits per heavy atom. The molecule has 4 N–H and O–H groups in total. The molecule has 1 heterocycles. The van der Waals surface area contributed by atoms with Gasteiger partial charge in [-0.3, -0.25) is 9.59 Å². The van der Waals surface area contributed by atoms with Crippen LogP contribution >= 0.6 is 0 Å². The number of nitrogens with one attached hydrogen (secondary N) is 2. The first-order chi connectivity index (χ1) is 9.65. The van der Waals surface area contributed by atoms with Gasteiger partial charge in [0, 0.05) is 29.6 Å². The number of pyridine rings is 1. The van der Waals surface area contributed by atoms with Gasteiger partial charge in [0.1, 0.15) is 12.4 Å². The molecule has 0 aliphatic rings. The van der Waals surface area contributed by atoms with Crippen molar-refractivity contribution in [2.75, 3.05) is 18.9 Å². The minimum absolute atomic E-state index is 0.311. The van der Waals surface area contributed by atoms with Crippen LogP contribution in [0, 0.1) is 0 Å². The number of carbonyl (C=O) groups excluding carboxylic acids is 1. The molecule has 0 aliphatic carbocycles. The Labute approximate surface area is 115 Å². The number of aromatic amines is 1. The first-order valence-corrected chi connectivity index (χ1v) is 6.10. The van der Waals surface area contributed by atoms with Crippen LogP contribution in [0.4, 0.5) is 5.69 Å². The van der Waals surface area contributed by atoms with Gasteiger partial charge >= 0.3 is 0 Å². The van der Waals surface area contributed by atoms with E-state index in [-0.39, 0.29) is 11.5 Å². The van der Waals surface area contributed by atoms with Crippen molar-refractivity contribution in [1.29, 1.82) is 0 Å². The molecular formula is C14H15N3O3. The zero-order valence-electron chi connectivity index (χ0n) is 10.8. The quantitative estimate of drug-likeness (QED) is 0.553. The number of carbonyl (C=O) groups is 1. The molecule has 0 fully saturated rings. The lowest BCUT2D eigenvalue weighted by atomic mass is 10.2. The lowest BCUT2D eigenvalue weighted by Crippen LogP contribution is -2.28. The Morgan fingerprint density at radius 3 is 2.90 bits per heavy atom. The van der Waals surface area contributed by atoms with E-state index in [2.05, 4.69) is 10.3 Å². The topological polar surface area (TPSA) is 97.2 Å². The Morgan fingerprint density at radius 1 is 1.30 bits per heavy atom. The van der Waals surface area contributed by atoms with Crippen molar-refractivity contribution in [2.45, 2.75) is 0 Å². The monoisotopic (exact) mass is 273 g/mol. The van der Waals surface area contributed by atoms with Crippen molar-refractivity contribution in [3.63, 3.8) is 0 Å². The zero-order chi connectivity index (χ0) is 14.4. The summed E-state index contributed by atoms with van der Waals surface area (Å²) >= 11 is 0. The third kappa shape index (κ3) is 3.88. The molecule has 0 bridgehead atoms. The Balaban J connectivity index is 1.79. The Hall–Kier alpha value is -2.76. The number of aromatic nitrogens is 1. The van der Waals surface area contributed by atoms with Crippen LogP contribution in [0.1, 0.15) is 10.4 Å². The molecule has 0 saturated carbocycles. The number of anilines is 1. The molecule has 6 heteroatoms. The van der Waals surface area contributed by atoms with Crippen molar-refractivity contribution in [3.05, 3.63) is 58.5 Å². The van der Waals surface area contributed by atoms with Crippen LogP contribution in [0.15, 0.2) is 47.4 Å². The summed E-state index contributed by atoms with van der Waals surface area (Å²) in [5.41, 5.74) is 6.25. The second-order valence-corrected chi connectivity index (χ2v) is 4.12. The molecule has 1 aromatic carbocycles. The van der Waals surface area contributed by atoms with Gasteiger partial charge in [-0.25, -0.2) is 0 Å². The predicted molar refractivity (Wildman–Crippen MR) is 75.7 cm³/mol. The van der Waals surface area contributed by atoms with E-state index in [9.17, 15) is 9.59 Å². The van der Waals surface area contributed by atoms with Crippen LogP contribution in [0.25, 0.3) is 0 Å². The van der Waals surface area contributed by atoms with Gasteiger partial charge in [0.25, 0.3) is 5.91 Å². The van der Waals surface area contributed by atoms with Gasteiger partial charge in [-0.2, -0.15) is 0 Å². The van der Waals surface area contributed by atoms with Crippen LogP contribution < -0.4 is 21.3 Å². The average molecular weight is 273 g/mol. The second kappa shape index (κ2) is 6.42. The van der Waals surface area contributed by atoms with E-state index in [0.29, 0.717) is 30.2 Å². The van der Waals surface area contributed by atoms with E-state index in [0.717, 1.165) is 0 Å². The van der Waals surface area contributed by atoms with Gasteiger partial charge in [0.15, 0.2) is 0 Å². The molecule has 2 rings (SSSR count). The number of nitrogen functional groups attached to an aromatic ring is 1. The van der Waals surface area contributed by atoms with Gasteiger partial charge in [-0.1, -0.05) is 6.07 Å². The summed E-state index contributed by atoms with van der Waals surface area (Å²) in [6, 6.07) is 9.83. The fraction of sp³-hybridized carbons (Fsp3) is 0.143. The van der Waals surface area contributed by atoms with Gasteiger partial charge in [-0.15, -0.1) is 0 Å². The highest BCUT2D eigenvalue weighted by Gasteiger charge is 2.04. The SMILES string of the molecule is Nc1cccc(OCCNC(=O)c2cc[nH]c(=O)c2)c1. The molecule has 0 unspecified atom stereocenters. The van der Waals surface area contributed by atoms with Crippen molar-refractivity contribution in [2.24, 2.45) is 0 Å². The summed E-state index contributed by atoms with van der Waals surface area (Å²) in [4.78, 5) is 25.2. The summed E-state index contributed by atoms with van der Waals surface area (Å²) in [7, 11) is 0. The highest BCUT2D eigenvalue weighted by atomic mass is 16.5. The number of H-pyrrole nitrogens is 1. The fourth-order valence-corrected chi connectivity index (χ4v) is 1.63. The van der Waals surface area contributed by atoms with E-state index < -0.39 is 0 Å². The van der Waals surface area contributed by atoms with E-state index in [1.165, 1.54) is 18.3 Å². The predicted octanol–water partition coefficient (Wildman–Crippen LogP) is 0.766. The average Bonchev–Trinajstić information content (AvgIpc) is 2.43. The van der Waals surface area contributed by atoms with Crippen molar-refractivity contribution < 1.29 is 9.53 Å². The Bertz CT molecular complexity index is 652. The first-order valence-electron chi connectivity index (χ1n) is 6.10. The lowest BCUT2D eigenvalue weighted by molar-refractivity contribution is 0.0947. The summed E-state index contributed by atoms with van der Waals surface area (Å²) in [5, 5.41) is 2.66. The largest absolute Gasteiger partial charge is 0.492 e. The molecule has 20 heavy (non-hydrogen) atoms. The maximum absolute atomic E-state index is 11.7. The maximum Gasteiger partial charge on any atom is 0.251 e. The number of hydrogen-bond donors (Lipinski definition) is 3. The summed E-state index contributed by atoms with van der Waals surface area (Å²) in [6.45, 7) is 0.652. The van der Waals surface area contributed by atoms with Gasteiger partial charge in [0.2, 0.25) is 5.56 Å². The third-order valence-corrected chi connectivity index (χ3v) is 2.55. The molecule has 104 valence electrons. The van der Waals surface area contributed by atoms with E-state index in [1.807, 2.05) is 0 Å². The van der Waals surface area contributed by atoms with Crippen molar-refractivity contribution in [1.82, 2.24) is 10.3 Å². The minimum atomic E-state index is -0.313. The number of rotatable bonds is 5. The molecule has 0 atom stereocenters. The fourth-order valence-electron chi connectivity index (χ4n) is 1.63. The lowest BCUT2D eigenvalue weighted by Gasteiger charge is -2.08. The van der Waals surface area contributed by atoms with Crippen LogP contribution in [0.2, 0.25) is 0 Å². The summed E-state index contributed by atoms with van der Waals surface area (Å²) < 4.78 is 5.43. The smallest absolute Gasteiger partial charge is 0.251 e. The first kappa shape index (κ1) is 13.7. The highest BCUT2D eigenvalue weighted by molar-refractivity contribution is 5.93. The van der Waals surface area contributed by atoms with Gasteiger partial charge in [0.05, 0.1) is 6.54 Å². The molecule has 0 spiro atoms. The maximum atomic E-state index is 11.7. The number of hydrogen-bond acceptors (Lipinski definition) is 4. The molecule has 1 aromatic heterocycles. The molecule has 1 amide bonds. The van der Waals surface area contributed by atoms with E-state index >= 15 is 0 Å². The summed E-state index contributed by atoms with van der Waals surface area (Å²) in [6.07, 6.45) is 1.43. The van der Waals surface area contributed by atoms with Gasteiger partial charge < -0.3 is 20.8 Å². The summed E-state index contributed by atoms with van der Waals surface area (Å²) in [5.74, 6) is 0.336. The highest BCUT2D eigenvalue weighted by Crippen LogP contribution is 2.13. The van der Waals surface area contributed by atoms with Crippen LogP contribution in [-0.2, 0) is 0 Å². The Kier molecular flexibility index (Phi) is 4.39. The zero-order valence-corrected chi connectivity index (χ0v) is 10.8. The van der Waals surface area contributed by atoms with E-state index in [4.69, 9.17) is 10.5 Å². The normalized spacial score (nSPS) is 10.0. The number of ether oxygens (including phenoxy) is 1. The van der Waals surface area contributed by atoms with Crippen LogP contribution in [0.5, 0.6) is 5.75 Å². The minimum Gasteiger partial charge on any atom is -0.492 e. The molecule has 2 aromatic rings. The van der Waals surface area contributed by atoms with Crippen LogP contribution in [-0.4, -0.2) is 24.0 Å². The van der Waals surface area contributed by atoms with Crippen LogP contribution in [0.3, 0.4) is 0 Å². The second-order valence-electron chi connectivity index (χ2n) is 4.12. The molecule has 6 nitrogen and oxygen atoms in total. The molecule has 0 radical (unpaired) electrons. The van der Waals surface area contributed by atoms with Crippen molar-refractivity contribution in [3.8, 4) is 5.75 Å². The van der Waals surface area contributed by atoms with Gasteiger partial charge in [-0.05, 0) is 18.2 Å². The third-order valence-electron chi connectivity index (χ3n) is 2.55. The molecule has 0 aliphatic heterocycles. The van der Waals surface area contributed by atoms with E-state index in [1.54, 1.807) is 24.3 Å². The van der Waals surface area contributed by atoms with Crippen molar-refractivity contribution >= 4 is 11.6 Å². The number of benzene rings is 1. The standard InChI is InChI=1S/C14H15N3O3/c15-11-2-1-3-12(9-11)20-7-6-17-14(19)10-4-5-16-13(18)8-10/h1-5,8-9H,6-7,15H2,(H,16,18)(H,17,19). The molecular weight excluding hydrogens is 258 g/mol.